The predicted octanol–water partition coefficient (Wildman–Crippen LogP) is 12.2. The predicted molar refractivity (Wildman–Crippen MR) is 215 cm³/mol. The molecule has 0 radical (unpaired) electrons. The van der Waals surface area contributed by atoms with Crippen molar-refractivity contribution in [3.8, 4) is 40.0 Å². The number of furan rings is 1. The SMILES string of the molecule is c1ccc(-c2nc(-c3ccccc3)nc(-n3c(-c4ccccc4)cc4cc(N(c5ccccc5)c5cccc6c5oc5ccccc56)ccc43)n2)cc1. The summed E-state index contributed by atoms with van der Waals surface area (Å²) >= 11 is 0. The van der Waals surface area contributed by atoms with Gasteiger partial charge in [-0.15, -0.1) is 0 Å². The first kappa shape index (κ1) is 30.5. The van der Waals surface area contributed by atoms with E-state index in [1.54, 1.807) is 0 Å². The standard InChI is InChI=1S/C47H31N5O/c1-5-16-32(17-6-1)42-31-35-30-37(51(36-22-11-4-12-23-36)41-26-15-25-39-38-24-13-14-27-43(38)53-44(39)41)28-29-40(35)52(42)47-49-45(33-18-7-2-8-19-33)48-46(50-47)34-20-9-3-10-21-34/h1-31H. The van der Waals surface area contributed by atoms with Gasteiger partial charge in [0.25, 0.3) is 0 Å². The van der Waals surface area contributed by atoms with Gasteiger partial charge in [-0.25, -0.2) is 4.98 Å². The maximum Gasteiger partial charge on any atom is 0.238 e. The Morgan fingerprint density at radius 3 is 1.72 bits per heavy atom. The van der Waals surface area contributed by atoms with E-state index in [2.05, 4.69) is 113 Å². The molecule has 0 aliphatic carbocycles. The summed E-state index contributed by atoms with van der Waals surface area (Å²) in [4.78, 5) is 17.5. The van der Waals surface area contributed by atoms with Crippen LogP contribution in [0.2, 0.25) is 0 Å². The molecule has 0 amide bonds. The first-order valence-electron chi connectivity index (χ1n) is 17.6. The van der Waals surface area contributed by atoms with Gasteiger partial charge in [0.05, 0.1) is 16.9 Å². The highest BCUT2D eigenvalue weighted by Crippen LogP contribution is 2.43. The van der Waals surface area contributed by atoms with E-state index >= 15 is 0 Å². The summed E-state index contributed by atoms with van der Waals surface area (Å²) in [6.07, 6.45) is 0. The molecule has 3 heterocycles. The summed E-state index contributed by atoms with van der Waals surface area (Å²) in [6, 6.07) is 64.4. The Kier molecular flexibility index (Phi) is 7.36. The van der Waals surface area contributed by atoms with Crippen LogP contribution in [0.4, 0.5) is 17.1 Å². The number of anilines is 3. The van der Waals surface area contributed by atoms with Crippen molar-refractivity contribution in [2.45, 2.75) is 0 Å². The van der Waals surface area contributed by atoms with Crippen LogP contribution in [0, 0.1) is 0 Å². The van der Waals surface area contributed by atoms with Crippen LogP contribution in [0.1, 0.15) is 0 Å². The molecule has 0 aliphatic rings. The van der Waals surface area contributed by atoms with Crippen LogP contribution >= 0.6 is 0 Å². The number of nitrogens with zero attached hydrogens (tertiary/aromatic N) is 5. The van der Waals surface area contributed by atoms with E-state index in [-0.39, 0.29) is 0 Å². The summed E-state index contributed by atoms with van der Waals surface area (Å²) in [5, 5.41) is 3.22. The summed E-state index contributed by atoms with van der Waals surface area (Å²) in [5.74, 6) is 1.77. The molecule has 0 unspecified atom stereocenters. The number of para-hydroxylation sites is 3. The van der Waals surface area contributed by atoms with E-state index in [0.29, 0.717) is 17.6 Å². The van der Waals surface area contributed by atoms with E-state index in [4.69, 9.17) is 19.4 Å². The highest BCUT2D eigenvalue weighted by molar-refractivity contribution is 6.10. The van der Waals surface area contributed by atoms with Gasteiger partial charge >= 0.3 is 0 Å². The number of hydrogen-bond donors (Lipinski definition) is 0. The van der Waals surface area contributed by atoms with Crippen molar-refractivity contribution in [2.75, 3.05) is 4.90 Å². The van der Waals surface area contributed by atoms with Gasteiger partial charge in [-0.2, -0.15) is 9.97 Å². The Morgan fingerprint density at radius 2 is 1.04 bits per heavy atom. The van der Waals surface area contributed by atoms with Crippen molar-refractivity contribution < 1.29 is 4.42 Å². The molecule has 10 aromatic rings. The van der Waals surface area contributed by atoms with Crippen LogP contribution in [-0.4, -0.2) is 19.5 Å². The summed E-state index contributed by atoms with van der Waals surface area (Å²) in [7, 11) is 0. The van der Waals surface area contributed by atoms with Crippen molar-refractivity contribution in [1.29, 1.82) is 0 Å². The van der Waals surface area contributed by atoms with Crippen molar-refractivity contribution in [2.24, 2.45) is 0 Å². The zero-order chi connectivity index (χ0) is 35.1. The Labute approximate surface area is 305 Å². The molecule has 6 nitrogen and oxygen atoms in total. The molecule has 10 rings (SSSR count). The van der Waals surface area contributed by atoms with E-state index < -0.39 is 0 Å². The van der Waals surface area contributed by atoms with E-state index in [0.717, 1.165) is 72.3 Å². The Hall–Kier alpha value is -7.31. The van der Waals surface area contributed by atoms with Crippen LogP contribution < -0.4 is 4.90 Å². The number of benzene rings is 7. The average Bonchev–Trinajstić information content (AvgIpc) is 3.81. The third-order valence-electron chi connectivity index (χ3n) is 9.64. The van der Waals surface area contributed by atoms with Gasteiger partial charge in [0.1, 0.15) is 5.58 Å². The largest absolute Gasteiger partial charge is 0.454 e. The second-order valence-corrected chi connectivity index (χ2v) is 12.9. The van der Waals surface area contributed by atoms with Gasteiger partial charge in [-0.1, -0.05) is 140 Å². The number of aromatic nitrogens is 4. The molecule has 3 aromatic heterocycles. The molecule has 0 saturated heterocycles. The molecule has 53 heavy (non-hydrogen) atoms. The first-order chi connectivity index (χ1) is 26.3. The minimum absolute atomic E-state index is 0.547. The van der Waals surface area contributed by atoms with Crippen LogP contribution in [0.3, 0.4) is 0 Å². The molecule has 0 N–H and O–H groups in total. The third kappa shape index (κ3) is 5.41. The highest BCUT2D eigenvalue weighted by atomic mass is 16.3. The molecule has 0 fully saturated rings. The van der Waals surface area contributed by atoms with Crippen LogP contribution in [0.15, 0.2) is 192 Å². The fourth-order valence-electron chi connectivity index (χ4n) is 7.19. The summed E-state index contributed by atoms with van der Waals surface area (Å²) < 4.78 is 8.72. The van der Waals surface area contributed by atoms with Crippen molar-refractivity contribution in [3.05, 3.63) is 188 Å². The lowest BCUT2D eigenvalue weighted by Gasteiger charge is -2.25. The Balaban J connectivity index is 1.21. The van der Waals surface area contributed by atoms with Gasteiger partial charge in [0, 0.05) is 38.7 Å². The molecule has 6 heteroatoms. The van der Waals surface area contributed by atoms with Gasteiger partial charge in [-0.3, -0.25) is 4.57 Å². The smallest absolute Gasteiger partial charge is 0.238 e. The van der Waals surface area contributed by atoms with E-state index in [1.165, 1.54) is 0 Å². The van der Waals surface area contributed by atoms with Crippen molar-refractivity contribution in [1.82, 2.24) is 19.5 Å². The highest BCUT2D eigenvalue weighted by Gasteiger charge is 2.22. The molecule has 250 valence electrons. The monoisotopic (exact) mass is 681 g/mol. The molecule has 0 atom stereocenters. The van der Waals surface area contributed by atoms with Crippen LogP contribution in [0.25, 0.3) is 72.8 Å². The van der Waals surface area contributed by atoms with Gasteiger partial charge < -0.3 is 9.32 Å². The number of hydrogen-bond acceptors (Lipinski definition) is 5. The minimum atomic E-state index is 0.547. The number of fused-ring (bicyclic) bond motifs is 4. The van der Waals surface area contributed by atoms with Crippen molar-refractivity contribution >= 4 is 49.9 Å². The molecule has 0 spiro atoms. The summed E-state index contributed by atoms with van der Waals surface area (Å²) in [6.45, 7) is 0. The van der Waals surface area contributed by atoms with Crippen molar-refractivity contribution in [3.63, 3.8) is 0 Å². The zero-order valence-electron chi connectivity index (χ0n) is 28.5. The second-order valence-electron chi connectivity index (χ2n) is 12.9. The third-order valence-corrected chi connectivity index (χ3v) is 9.64. The average molecular weight is 682 g/mol. The quantitative estimate of drug-likeness (QED) is 0.168. The van der Waals surface area contributed by atoms with Crippen LogP contribution in [-0.2, 0) is 0 Å². The molecule has 0 saturated carbocycles. The fourth-order valence-corrected chi connectivity index (χ4v) is 7.19. The topological polar surface area (TPSA) is 60.0 Å². The zero-order valence-corrected chi connectivity index (χ0v) is 28.5. The van der Waals surface area contributed by atoms with E-state index in [1.807, 2.05) is 84.9 Å². The summed E-state index contributed by atoms with van der Waals surface area (Å²) in [5.41, 5.74) is 9.55. The minimum Gasteiger partial charge on any atom is -0.454 e. The Morgan fingerprint density at radius 1 is 0.453 bits per heavy atom. The fraction of sp³-hybridized carbons (Fsp3) is 0. The first-order valence-corrected chi connectivity index (χ1v) is 17.6. The molecule has 0 aliphatic heterocycles. The van der Waals surface area contributed by atoms with E-state index in [9.17, 15) is 0 Å². The lowest BCUT2D eigenvalue weighted by atomic mass is 10.1. The van der Waals surface area contributed by atoms with Crippen LogP contribution in [0.5, 0.6) is 0 Å². The van der Waals surface area contributed by atoms with Gasteiger partial charge in [-0.05, 0) is 54.1 Å². The normalized spacial score (nSPS) is 11.4. The van der Waals surface area contributed by atoms with Gasteiger partial charge in [0.2, 0.25) is 5.95 Å². The van der Waals surface area contributed by atoms with Gasteiger partial charge in [0.15, 0.2) is 17.2 Å². The second kappa shape index (κ2) is 12.8. The molecule has 0 bridgehead atoms. The number of rotatable bonds is 7. The molecular weight excluding hydrogens is 651 g/mol. The lowest BCUT2D eigenvalue weighted by Crippen LogP contribution is -2.10. The molecular formula is C47H31N5O. The maximum absolute atomic E-state index is 6.56. The Bertz CT molecular complexity index is 2830. The lowest BCUT2D eigenvalue weighted by molar-refractivity contribution is 0.669. The maximum atomic E-state index is 6.56. The molecule has 7 aromatic carbocycles.